The zero-order valence-electron chi connectivity index (χ0n) is 24.7. The zero-order chi connectivity index (χ0) is 30.0. The van der Waals surface area contributed by atoms with E-state index in [-0.39, 0.29) is 0 Å². The van der Waals surface area contributed by atoms with Gasteiger partial charge in [-0.25, -0.2) is 4.98 Å². The highest BCUT2D eigenvalue weighted by Gasteiger charge is 2.24. The van der Waals surface area contributed by atoms with Crippen LogP contribution in [-0.4, -0.2) is 4.98 Å². The second-order valence-electron chi connectivity index (χ2n) is 11.2. The number of rotatable bonds is 6. The van der Waals surface area contributed by atoms with E-state index in [1.165, 1.54) is 43.8 Å². The predicted molar refractivity (Wildman–Crippen MR) is 190 cm³/mol. The number of hydrogen-bond donors (Lipinski definition) is 0. The topological polar surface area (TPSA) is 16.1 Å². The molecule has 0 saturated carbocycles. The highest BCUT2D eigenvalue weighted by atomic mass is 15.2. The summed E-state index contributed by atoms with van der Waals surface area (Å²) >= 11 is 0. The minimum atomic E-state index is 0.871. The van der Waals surface area contributed by atoms with Gasteiger partial charge in [-0.1, -0.05) is 158 Å². The van der Waals surface area contributed by atoms with Crippen molar-refractivity contribution < 1.29 is 0 Å². The molecule has 212 valence electrons. The van der Waals surface area contributed by atoms with Crippen LogP contribution in [0.2, 0.25) is 0 Å². The Morgan fingerprint density at radius 1 is 0.356 bits per heavy atom. The third kappa shape index (κ3) is 4.83. The summed E-state index contributed by atoms with van der Waals surface area (Å²) in [5.41, 5.74) is 9.38. The van der Waals surface area contributed by atoms with Crippen LogP contribution in [0.5, 0.6) is 0 Å². The van der Waals surface area contributed by atoms with Gasteiger partial charge < -0.3 is 0 Å². The first kappa shape index (κ1) is 26.6. The Balaban J connectivity index is 1.42. The number of pyridine rings is 1. The fraction of sp³-hybridized carbons (Fsp3) is 0. The molecule has 1 heterocycles. The molecule has 2 heteroatoms. The van der Waals surface area contributed by atoms with Gasteiger partial charge >= 0.3 is 0 Å². The quantitative estimate of drug-likeness (QED) is 0.184. The van der Waals surface area contributed by atoms with Gasteiger partial charge in [-0.3, -0.25) is 4.90 Å². The first-order chi connectivity index (χ1) is 22.4. The minimum Gasteiger partial charge on any atom is -0.293 e. The van der Waals surface area contributed by atoms with Crippen molar-refractivity contribution in [1.82, 2.24) is 4.98 Å². The molecular formula is C43H30N2. The zero-order valence-corrected chi connectivity index (χ0v) is 24.7. The van der Waals surface area contributed by atoms with Gasteiger partial charge in [0.2, 0.25) is 0 Å². The van der Waals surface area contributed by atoms with Crippen molar-refractivity contribution >= 4 is 38.7 Å². The Morgan fingerprint density at radius 2 is 0.844 bits per heavy atom. The van der Waals surface area contributed by atoms with Crippen LogP contribution >= 0.6 is 0 Å². The van der Waals surface area contributed by atoms with Gasteiger partial charge in [-0.15, -0.1) is 0 Å². The molecule has 0 N–H and O–H groups in total. The van der Waals surface area contributed by atoms with E-state index in [2.05, 4.69) is 175 Å². The molecule has 0 fully saturated rings. The average Bonchev–Trinajstić information content (AvgIpc) is 3.13. The predicted octanol–water partition coefficient (Wildman–Crippen LogP) is 11.9. The third-order valence-corrected chi connectivity index (χ3v) is 8.52. The first-order valence-electron chi connectivity index (χ1n) is 15.3. The van der Waals surface area contributed by atoms with Gasteiger partial charge in [-0.2, -0.15) is 0 Å². The van der Waals surface area contributed by atoms with Crippen molar-refractivity contribution in [3.8, 4) is 33.4 Å². The van der Waals surface area contributed by atoms with Crippen LogP contribution in [-0.2, 0) is 0 Å². The molecule has 2 nitrogen and oxygen atoms in total. The van der Waals surface area contributed by atoms with Gasteiger partial charge in [0.1, 0.15) is 5.82 Å². The monoisotopic (exact) mass is 574 g/mol. The Labute approximate surface area is 263 Å². The lowest BCUT2D eigenvalue weighted by Gasteiger charge is -2.30. The fourth-order valence-corrected chi connectivity index (χ4v) is 6.49. The van der Waals surface area contributed by atoms with Crippen LogP contribution < -0.4 is 4.90 Å². The molecule has 0 bridgehead atoms. The molecule has 0 unspecified atom stereocenters. The Bertz CT molecular complexity index is 2180. The van der Waals surface area contributed by atoms with Crippen LogP contribution in [0.4, 0.5) is 17.2 Å². The highest BCUT2D eigenvalue weighted by Crippen LogP contribution is 2.49. The molecule has 8 aromatic rings. The molecule has 0 aliphatic rings. The van der Waals surface area contributed by atoms with Gasteiger partial charge in [0.25, 0.3) is 0 Å². The van der Waals surface area contributed by atoms with Crippen molar-refractivity contribution in [3.05, 3.63) is 182 Å². The molecule has 0 aliphatic carbocycles. The Kier molecular flexibility index (Phi) is 6.86. The average molecular weight is 575 g/mol. The lowest BCUT2D eigenvalue weighted by atomic mass is 9.89. The standard InChI is InChI=1S/C43H30N2/c1-3-15-31(16-4-1)32-26-28-34(29-27-32)42-36-20-7-9-22-38(36)43(39-23-10-8-21-37(39)42)45(41-25-13-14-30-44-41)40-24-12-11-19-35(40)33-17-5-2-6-18-33/h1-30H. The Morgan fingerprint density at radius 3 is 1.47 bits per heavy atom. The van der Waals surface area contributed by atoms with Gasteiger partial charge in [0, 0.05) is 22.5 Å². The number of nitrogens with zero attached hydrogens (tertiary/aromatic N) is 2. The Hall–Kier alpha value is -5.99. The second-order valence-corrected chi connectivity index (χ2v) is 11.2. The lowest BCUT2D eigenvalue weighted by molar-refractivity contribution is 1.19. The van der Waals surface area contributed by atoms with Crippen LogP contribution in [0, 0.1) is 0 Å². The molecule has 0 amide bonds. The van der Waals surface area contributed by atoms with Crippen molar-refractivity contribution in [2.75, 3.05) is 4.90 Å². The summed E-state index contributed by atoms with van der Waals surface area (Å²) in [6.07, 6.45) is 1.88. The summed E-state index contributed by atoms with van der Waals surface area (Å²) < 4.78 is 0. The summed E-state index contributed by atoms with van der Waals surface area (Å²) in [4.78, 5) is 7.27. The van der Waals surface area contributed by atoms with E-state index in [0.29, 0.717) is 0 Å². The maximum absolute atomic E-state index is 4.93. The smallest absolute Gasteiger partial charge is 0.137 e. The SMILES string of the molecule is c1ccc(-c2ccc(-c3c4ccccc4c(N(c4ccccn4)c4ccccc4-c4ccccc4)c4ccccc34)cc2)cc1. The summed E-state index contributed by atoms with van der Waals surface area (Å²) in [5.74, 6) is 0.871. The van der Waals surface area contributed by atoms with E-state index < -0.39 is 0 Å². The summed E-state index contributed by atoms with van der Waals surface area (Å²) in [6.45, 7) is 0. The van der Waals surface area contributed by atoms with Crippen molar-refractivity contribution in [3.63, 3.8) is 0 Å². The largest absolute Gasteiger partial charge is 0.293 e. The van der Waals surface area contributed by atoms with E-state index in [9.17, 15) is 0 Å². The molecule has 0 radical (unpaired) electrons. The first-order valence-corrected chi connectivity index (χ1v) is 15.3. The maximum Gasteiger partial charge on any atom is 0.137 e. The fourth-order valence-electron chi connectivity index (χ4n) is 6.49. The molecule has 45 heavy (non-hydrogen) atoms. The number of anilines is 3. The second kappa shape index (κ2) is 11.6. The van der Waals surface area contributed by atoms with Gasteiger partial charge in [0.15, 0.2) is 0 Å². The molecular weight excluding hydrogens is 544 g/mol. The van der Waals surface area contributed by atoms with E-state index >= 15 is 0 Å². The highest BCUT2D eigenvalue weighted by molar-refractivity contribution is 6.22. The summed E-state index contributed by atoms with van der Waals surface area (Å²) in [6, 6.07) is 62.5. The maximum atomic E-state index is 4.93. The van der Waals surface area contributed by atoms with Crippen molar-refractivity contribution in [1.29, 1.82) is 0 Å². The van der Waals surface area contributed by atoms with Crippen LogP contribution in [0.25, 0.3) is 54.9 Å². The van der Waals surface area contributed by atoms with Crippen LogP contribution in [0.3, 0.4) is 0 Å². The number of fused-ring (bicyclic) bond motifs is 2. The van der Waals surface area contributed by atoms with Crippen molar-refractivity contribution in [2.24, 2.45) is 0 Å². The molecule has 0 atom stereocenters. The van der Waals surface area contributed by atoms with E-state index in [4.69, 9.17) is 4.98 Å². The van der Waals surface area contributed by atoms with E-state index in [0.717, 1.165) is 28.3 Å². The van der Waals surface area contributed by atoms with Crippen molar-refractivity contribution in [2.45, 2.75) is 0 Å². The van der Waals surface area contributed by atoms with E-state index in [1.807, 2.05) is 12.3 Å². The number of hydrogen-bond acceptors (Lipinski definition) is 2. The molecule has 0 aliphatic heterocycles. The van der Waals surface area contributed by atoms with Gasteiger partial charge in [0.05, 0.1) is 11.4 Å². The normalized spacial score (nSPS) is 11.1. The lowest BCUT2D eigenvalue weighted by Crippen LogP contribution is -2.14. The molecule has 0 spiro atoms. The minimum absolute atomic E-state index is 0.871. The number of benzene rings is 7. The molecule has 7 aromatic carbocycles. The van der Waals surface area contributed by atoms with Crippen LogP contribution in [0.1, 0.15) is 0 Å². The number of aromatic nitrogens is 1. The number of para-hydroxylation sites is 1. The summed E-state index contributed by atoms with van der Waals surface area (Å²) in [5, 5.41) is 4.76. The third-order valence-electron chi connectivity index (χ3n) is 8.52. The molecule has 0 saturated heterocycles. The van der Waals surface area contributed by atoms with Gasteiger partial charge in [-0.05, 0) is 56.8 Å². The molecule has 8 rings (SSSR count). The van der Waals surface area contributed by atoms with Crippen LogP contribution in [0.15, 0.2) is 182 Å². The molecule has 1 aromatic heterocycles. The summed E-state index contributed by atoms with van der Waals surface area (Å²) in [7, 11) is 0. The van der Waals surface area contributed by atoms with E-state index in [1.54, 1.807) is 0 Å².